The van der Waals surface area contributed by atoms with Crippen molar-refractivity contribution in [1.29, 1.82) is 0 Å². The summed E-state index contributed by atoms with van der Waals surface area (Å²) in [6.45, 7) is 12.4. The number of alkyl carbamates (subject to hydrolysis) is 1. The lowest BCUT2D eigenvalue weighted by Gasteiger charge is -2.39. The number of rotatable bonds is 16. The van der Waals surface area contributed by atoms with Crippen LogP contribution in [0.2, 0.25) is 0 Å². The molecule has 0 bridgehead atoms. The van der Waals surface area contributed by atoms with Crippen molar-refractivity contribution in [2.45, 2.75) is 85.0 Å². The topological polar surface area (TPSA) is 38.3 Å². The van der Waals surface area contributed by atoms with Gasteiger partial charge in [-0.05, 0) is 38.5 Å². The lowest BCUT2D eigenvalue weighted by molar-refractivity contribution is -0.929. The molecule has 0 saturated carbocycles. The molecular weight excluding hydrogens is 427 g/mol. The molecule has 0 spiro atoms. The van der Waals surface area contributed by atoms with Gasteiger partial charge in [-0.1, -0.05) is 40.0 Å². The minimum Gasteiger partial charge on any atom is -1.00 e. The maximum Gasteiger partial charge on any atom is 0.406 e. The van der Waals surface area contributed by atoms with Crippen LogP contribution in [0.5, 0.6) is 0 Å². The van der Waals surface area contributed by atoms with Gasteiger partial charge in [-0.2, -0.15) is 0 Å². The predicted molar refractivity (Wildman–Crippen MR) is 103 cm³/mol. The molecular formula is C20H43IN2O2. The Morgan fingerprint density at radius 3 is 1.52 bits per heavy atom. The second kappa shape index (κ2) is 18.7. The zero-order chi connectivity index (χ0) is 18.1. The zero-order valence-corrected chi connectivity index (χ0v) is 19.4. The van der Waals surface area contributed by atoms with Crippen LogP contribution >= 0.6 is 0 Å². The Labute approximate surface area is 174 Å². The fraction of sp³-hybridized carbons (Fsp3) is 0.950. The second-order valence-corrected chi connectivity index (χ2v) is 7.10. The van der Waals surface area contributed by atoms with Crippen LogP contribution in [0.3, 0.4) is 0 Å². The van der Waals surface area contributed by atoms with Crippen molar-refractivity contribution in [1.82, 2.24) is 5.32 Å². The molecule has 0 atom stereocenters. The van der Waals surface area contributed by atoms with E-state index in [2.05, 4.69) is 26.1 Å². The summed E-state index contributed by atoms with van der Waals surface area (Å²) in [5.74, 6) is 0. The molecule has 0 unspecified atom stereocenters. The Morgan fingerprint density at radius 2 is 1.16 bits per heavy atom. The van der Waals surface area contributed by atoms with Crippen molar-refractivity contribution >= 4 is 6.09 Å². The van der Waals surface area contributed by atoms with E-state index in [-0.39, 0.29) is 30.1 Å². The van der Waals surface area contributed by atoms with E-state index in [0.29, 0.717) is 6.61 Å². The summed E-state index contributed by atoms with van der Waals surface area (Å²) in [7, 11) is 1.61. The number of carbonyl (C=O) groups is 1. The summed E-state index contributed by atoms with van der Waals surface area (Å²) in [4.78, 5) is 11.2. The van der Waals surface area contributed by atoms with Crippen LogP contribution in [0, 0.1) is 0 Å². The molecule has 0 aliphatic heterocycles. The van der Waals surface area contributed by atoms with Crippen LogP contribution in [-0.4, -0.2) is 50.4 Å². The average Bonchev–Trinajstić information content (AvgIpc) is 2.59. The molecule has 0 aliphatic rings. The smallest absolute Gasteiger partial charge is 0.406 e. The van der Waals surface area contributed by atoms with Crippen LogP contribution in [0.25, 0.3) is 0 Å². The Morgan fingerprint density at radius 1 is 0.760 bits per heavy atom. The molecule has 0 heterocycles. The molecule has 0 aromatic carbocycles. The summed E-state index contributed by atoms with van der Waals surface area (Å²) in [5, 5.41) is 2.52. The van der Waals surface area contributed by atoms with Gasteiger partial charge in [0.1, 0.15) is 0 Å². The maximum atomic E-state index is 11.2. The van der Waals surface area contributed by atoms with Gasteiger partial charge < -0.3 is 38.5 Å². The van der Waals surface area contributed by atoms with Crippen LogP contribution < -0.4 is 29.3 Å². The number of unbranched alkanes of at least 4 members (excludes halogenated alkanes) is 6. The van der Waals surface area contributed by atoms with Gasteiger partial charge in [0, 0.05) is 13.5 Å². The van der Waals surface area contributed by atoms with E-state index in [1.165, 1.54) is 81.9 Å². The van der Waals surface area contributed by atoms with Crippen molar-refractivity contribution < 1.29 is 38.0 Å². The number of hydrogen-bond donors (Lipinski definition) is 1. The highest BCUT2D eigenvalue weighted by Gasteiger charge is 2.25. The average molecular weight is 470 g/mol. The monoisotopic (exact) mass is 470 g/mol. The number of carbonyl (C=O) groups excluding carboxylic acids is 1. The molecule has 5 heteroatoms. The Balaban J connectivity index is 0. The van der Waals surface area contributed by atoms with Crippen molar-refractivity contribution in [2.75, 3.05) is 39.8 Å². The van der Waals surface area contributed by atoms with E-state index >= 15 is 0 Å². The number of hydrogen-bond acceptors (Lipinski definition) is 2. The van der Waals surface area contributed by atoms with Gasteiger partial charge in [0.25, 0.3) is 0 Å². The molecule has 0 rings (SSSR count). The third-order valence-electron chi connectivity index (χ3n) is 4.92. The number of nitrogens with zero attached hydrogens (tertiary/aromatic N) is 1. The van der Waals surface area contributed by atoms with Gasteiger partial charge >= 0.3 is 6.09 Å². The lowest BCUT2D eigenvalue weighted by Crippen LogP contribution is -3.00. The van der Waals surface area contributed by atoms with E-state index in [0.717, 1.165) is 13.0 Å². The van der Waals surface area contributed by atoms with Gasteiger partial charge in [-0.15, -0.1) is 0 Å². The summed E-state index contributed by atoms with van der Waals surface area (Å²) < 4.78 is 6.44. The van der Waals surface area contributed by atoms with E-state index in [9.17, 15) is 4.79 Å². The molecule has 0 aliphatic carbocycles. The highest BCUT2D eigenvalue weighted by Crippen LogP contribution is 2.17. The van der Waals surface area contributed by atoms with Gasteiger partial charge in [0.2, 0.25) is 0 Å². The molecule has 0 fully saturated rings. The van der Waals surface area contributed by atoms with Gasteiger partial charge in [-0.3, -0.25) is 0 Å². The highest BCUT2D eigenvalue weighted by molar-refractivity contribution is 5.66. The van der Waals surface area contributed by atoms with Gasteiger partial charge in [0.05, 0.1) is 32.8 Å². The first-order valence-electron chi connectivity index (χ1n) is 10.3. The number of amides is 1. The molecule has 0 aromatic heterocycles. The zero-order valence-electron chi connectivity index (χ0n) is 17.2. The summed E-state index contributed by atoms with van der Waals surface area (Å²) >= 11 is 0. The number of nitrogens with one attached hydrogen (secondary N) is 1. The van der Waals surface area contributed by atoms with E-state index < -0.39 is 0 Å². The fourth-order valence-corrected chi connectivity index (χ4v) is 3.40. The predicted octanol–water partition coefficient (Wildman–Crippen LogP) is 2.12. The molecule has 1 N–H and O–H groups in total. The molecule has 0 saturated heterocycles. The minimum absolute atomic E-state index is 0. The third-order valence-corrected chi connectivity index (χ3v) is 4.92. The Kier molecular flexibility index (Phi) is 20.4. The maximum absolute atomic E-state index is 11.2. The molecule has 0 aromatic rings. The number of halogens is 1. The highest BCUT2D eigenvalue weighted by atomic mass is 127. The second-order valence-electron chi connectivity index (χ2n) is 7.10. The first-order valence-corrected chi connectivity index (χ1v) is 10.3. The SMILES string of the molecule is CCCCC[N+](CCCCC)(CCCCC)CCCOC(=O)NC.[I-]. The Bertz CT molecular complexity index is 275. The number of quaternary nitrogens is 1. The molecule has 152 valence electrons. The lowest BCUT2D eigenvalue weighted by atomic mass is 10.1. The summed E-state index contributed by atoms with van der Waals surface area (Å²) in [6, 6.07) is 0. The largest absolute Gasteiger partial charge is 1.00 e. The molecule has 4 nitrogen and oxygen atoms in total. The minimum atomic E-state index is -0.309. The van der Waals surface area contributed by atoms with Crippen LogP contribution in [0.15, 0.2) is 0 Å². The first-order chi connectivity index (χ1) is 11.6. The summed E-state index contributed by atoms with van der Waals surface area (Å²) in [5.41, 5.74) is 0. The normalized spacial score (nSPS) is 11.0. The van der Waals surface area contributed by atoms with Crippen molar-refractivity contribution in [3.63, 3.8) is 0 Å². The van der Waals surface area contributed by atoms with E-state index in [4.69, 9.17) is 4.74 Å². The Hall–Kier alpha value is -0.0400. The molecule has 25 heavy (non-hydrogen) atoms. The van der Waals surface area contributed by atoms with Crippen LogP contribution in [-0.2, 0) is 4.74 Å². The van der Waals surface area contributed by atoms with Gasteiger partial charge in [0.15, 0.2) is 0 Å². The first kappa shape index (κ1) is 27.2. The fourth-order valence-electron chi connectivity index (χ4n) is 3.40. The van der Waals surface area contributed by atoms with Crippen molar-refractivity contribution in [3.8, 4) is 0 Å². The third kappa shape index (κ3) is 14.8. The standard InChI is InChI=1S/C20H42N2O2.HI/c1-5-8-11-15-22(16-12-9-6-2,17-13-10-7-3)18-14-19-24-20(23)21-4;/h5-19H2,1-4H3;1H. The quantitative estimate of drug-likeness (QED) is 0.213. The molecule has 0 radical (unpaired) electrons. The van der Waals surface area contributed by atoms with E-state index in [1.807, 2.05) is 0 Å². The van der Waals surface area contributed by atoms with Crippen molar-refractivity contribution in [2.24, 2.45) is 0 Å². The van der Waals surface area contributed by atoms with Crippen molar-refractivity contribution in [3.05, 3.63) is 0 Å². The van der Waals surface area contributed by atoms with Crippen LogP contribution in [0.4, 0.5) is 4.79 Å². The van der Waals surface area contributed by atoms with E-state index in [1.54, 1.807) is 7.05 Å². The summed E-state index contributed by atoms with van der Waals surface area (Å²) in [6.07, 6.45) is 12.5. The van der Waals surface area contributed by atoms with Crippen LogP contribution in [0.1, 0.15) is 85.0 Å². The number of ether oxygens (including phenoxy) is 1. The molecule has 1 amide bonds. The van der Waals surface area contributed by atoms with Gasteiger partial charge in [-0.25, -0.2) is 4.79 Å².